The second kappa shape index (κ2) is 7.28. The average Bonchev–Trinajstić information content (AvgIpc) is 2.44. The number of anilines is 2. The van der Waals surface area contributed by atoms with Gasteiger partial charge in [-0.25, -0.2) is 4.98 Å². The average molecular weight is 279 g/mol. The molecular formula is C14H25N5O. The van der Waals surface area contributed by atoms with Gasteiger partial charge in [-0.2, -0.15) is 4.98 Å². The van der Waals surface area contributed by atoms with Crippen molar-refractivity contribution >= 4 is 11.5 Å². The monoisotopic (exact) mass is 279 g/mol. The van der Waals surface area contributed by atoms with Gasteiger partial charge in [0.05, 0.1) is 6.61 Å². The first-order valence-electron chi connectivity index (χ1n) is 7.43. The molecule has 1 aliphatic heterocycles. The third kappa shape index (κ3) is 3.96. The molecule has 1 fully saturated rings. The van der Waals surface area contributed by atoms with Gasteiger partial charge >= 0.3 is 0 Å². The summed E-state index contributed by atoms with van der Waals surface area (Å²) in [5, 5.41) is 3.36. The Balaban J connectivity index is 1.93. The lowest BCUT2D eigenvalue weighted by Crippen LogP contribution is -2.38. The number of aromatic nitrogens is 2. The number of likely N-dealkylation sites (tertiary alicyclic amines) is 1. The summed E-state index contributed by atoms with van der Waals surface area (Å²) in [7, 11) is 0. The van der Waals surface area contributed by atoms with Crippen molar-refractivity contribution in [3.63, 3.8) is 0 Å². The van der Waals surface area contributed by atoms with Crippen molar-refractivity contribution in [3.8, 4) is 5.88 Å². The molecule has 2 rings (SSSR count). The molecule has 0 radical (unpaired) electrons. The van der Waals surface area contributed by atoms with E-state index < -0.39 is 0 Å². The van der Waals surface area contributed by atoms with Gasteiger partial charge in [0, 0.05) is 12.6 Å². The molecule has 0 amide bonds. The van der Waals surface area contributed by atoms with Gasteiger partial charge in [0.15, 0.2) is 5.82 Å². The Morgan fingerprint density at radius 1 is 1.35 bits per heavy atom. The van der Waals surface area contributed by atoms with Crippen LogP contribution in [0.2, 0.25) is 0 Å². The Morgan fingerprint density at radius 3 is 2.80 bits per heavy atom. The van der Waals surface area contributed by atoms with E-state index in [4.69, 9.17) is 10.5 Å². The van der Waals surface area contributed by atoms with E-state index in [9.17, 15) is 0 Å². The normalized spacial score (nSPS) is 17.7. The van der Waals surface area contributed by atoms with Crippen molar-refractivity contribution in [2.24, 2.45) is 0 Å². The van der Waals surface area contributed by atoms with Crippen LogP contribution in [0.1, 0.15) is 33.1 Å². The lowest BCUT2D eigenvalue weighted by atomic mass is 10.1. The number of piperidine rings is 1. The smallest absolute Gasteiger partial charge is 0.242 e. The molecule has 0 aromatic carbocycles. The first-order chi connectivity index (χ1) is 9.70. The Labute approximate surface area is 120 Å². The molecule has 3 N–H and O–H groups in total. The Bertz CT molecular complexity index is 420. The van der Waals surface area contributed by atoms with E-state index in [0.29, 0.717) is 30.0 Å². The molecule has 1 aromatic heterocycles. The lowest BCUT2D eigenvalue weighted by Gasteiger charge is -2.29. The largest absolute Gasteiger partial charge is 0.476 e. The van der Waals surface area contributed by atoms with Crippen molar-refractivity contribution in [1.29, 1.82) is 0 Å². The van der Waals surface area contributed by atoms with E-state index in [1.807, 2.05) is 6.92 Å². The van der Waals surface area contributed by atoms with Gasteiger partial charge in [-0.05, 0) is 39.8 Å². The number of nitrogen functional groups attached to an aromatic ring is 1. The zero-order valence-electron chi connectivity index (χ0n) is 12.4. The van der Waals surface area contributed by atoms with Gasteiger partial charge in [0.2, 0.25) is 5.88 Å². The molecule has 1 unspecified atom stereocenters. The summed E-state index contributed by atoms with van der Waals surface area (Å²) in [6.45, 7) is 7.99. The minimum atomic E-state index is 0.291. The minimum absolute atomic E-state index is 0.291. The third-order valence-electron chi connectivity index (χ3n) is 3.49. The van der Waals surface area contributed by atoms with Crippen molar-refractivity contribution in [3.05, 3.63) is 6.33 Å². The molecule has 0 aliphatic carbocycles. The number of hydrogen-bond donors (Lipinski definition) is 2. The fraction of sp³-hybridized carbons (Fsp3) is 0.714. The predicted molar refractivity (Wildman–Crippen MR) is 81.0 cm³/mol. The van der Waals surface area contributed by atoms with Crippen LogP contribution in [0.15, 0.2) is 6.33 Å². The second-order valence-corrected chi connectivity index (χ2v) is 5.28. The number of nitrogens with one attached hydrogen (secondary N) is 1. The summed E-state index contributed by atoms with van der Waals surface area (Å²) in [6.07, 6.45) is 5.44. The lowest BCUT2D eigenvalue weighted by molar-refractivity contribution is 0.223. The van der Waals surface area contributed by atoms with E-state index in [2.05, 4.69) is 27.1 Å². The molecule has 6 heteroatoms. The zero-order valence-corrected chi connectivity index (χ0v) is 12.4. The minimum Gasteiger partial charge on any atom is -0.476 e. The van der Waals surface area contributed by atoms with E-state index in [-0.39, 0.29) is 0 Å². The maximum atomic E-state index is 6.02. The molecule has 20 heavy (non-hydrogen) atoms. The second-order valence-electron chi connectivity index (χ2n) is 5.28. The maximum absolute atomic E-state index is 6.02. The van der Waals surface area contributed by atoms with Gasteiger partial charge < -0.3 is 20.7 Å². The van der Waals surface area contributed by atoms with Crippen LogP contribution in [-0.2, 0) is 0 Å². The van der Waals surface area contributed by atoms with Crippen LogP contribution >= 0.6 is 0 Å². The summed E-state index contributed by atoms with van der Waals surface area (Å²) < 4.78 is 5.38. The van der Waals surface area contributed by atoms with Crippen LogP contribution in [0.5, 0.6) is 5.88 Å². The molecule has 2 heterocycles. The van der Waals surface area contributed by atoms with Crippen LogP contribution in [0.25, 0.3) is 0 Å². The standard InChI is InChI=1S/C14H25N5O/c1-3-20-14-12(15)13(16-10-17-14)18-11(2)9-19-7-5-4-6-8-19/h10-11H,3-9,15H2,1-2H3,(H,16,17,18). The third-order valence-corrected chi connectivity index (χ3v) is 3.49. The van der Waals surface area contributed by atoms with Crippen molar-refractivity contribution in [2.75, 3.05) is 37.3 Å². The van der Waals surface area contributed by atoms with Crippen molar-refractivity contribution in [1.82, 2.24) is 14.9 Å². The predicted octanol–water partition coefficient (Wildman–Crippen LogP) is 1.74. The van der Waals surface area contributed by atoms with E-state index in [1.54, 1.807) is 0 Å². The Kier molecular flexibility index (Phi) is 5.40. The first kappa shape index (κ1) is 14.8. The maximum Gasteiger partial charge on any atom is 0.242 e. The highest BCUT2D eigenvalue weighted by Crippen LogP contribution is 2.25. The summed E-state index contributed by atoms with van der Waals surface area (Å²) in [6, 6.07) is 0.291. The Hall–Kier alpha value is -1.56. The highest BCUT2D eigenvalue weighted by atomic mass is 16.5. The van der Waals surface area contributed by atoms with Gasteiger partial charge in [0.1, 0.15) is 12.0 Å². The van der Waals surface area contributed by atoms with Gasteiger partial charge in [-0.15, -0.1) is 0 Å². The molecule has 6 nitrogen and oxygen atoms in total. The SMILES string of the molecule is CCOc1ncnc(NC(C)CN2CCCCC2)c1N. The van der Waals surface area contributed by atoms with Crippen LogP contribution in [-0.4, -0.2) is 47.2 Å². The van der Waals surface area contributed by atoms with Crippen LogP contribution in [0, 0.1) is 0 Å². The molecular weight excluding hydrogens is 254 g/mol. The van der Waals surface area contributed by atoms with Gasteiger partial charge in [0.25, 0.3) is 0 Å². The molecule has 1 aromatic rings. The number of nitrogens with zero attached hydrogens (tertiary/aromatic N) is 3. The summed E-state index contributed by atoms with van der Waals surface area (Å²) in [5.74, 6) is 1.11. The number of rotatable bonds is 6. The molecule has 1 atom stereocenters. The number of nitrogens with two attached hydrogens (primary N) is 1. The summed E-state index contributed by atoms with van der Waals surface area (Å²) in [5.41, 5.74) is 6.51. The topological polar surface area (TPSA) is 76.3 Å². The summed E-state index contributed by atoms with van der Waals surface area (Å²) >= 11 is 0. The van der Waals surface area contributed by atoms with E-state index in [1.165, 1.54) is 38.7 Å². The highest BCUT2D eigenvalue weighted by molar-refractivity contribution is 5.66. The highest BCUT2D eigenvalue weighted by Gasteiger charge is 2.15. The van der Waals surface area contributed by atoms with E-state index in [0.717, 1.165) is 6.54 Å². The molecule has 1 saturated heterocycles. The molecule has 0 spiro atoms. The van der Waals surface area contributed by atoms with Gasteiger partial charge in [-0.3, -0.25) is 0 Å². The summed E-state index contributed by atoms with van der Waals surface area (Å²) in [4.78, 5) is 10.7. The fourth-order valence-electron chi connectivity index (χ4n) is 2.55. The first-order valence-corrected chi connectivity index (χ1v) is 7.43. The molecule has 0 bridgehead atoms. The van der Waals surface area contributed by atoms with Crippen LogP contribution in [0.3, 0.4) is 0 Å². The fourth-order valence-corrected chi connectivity index (χ4v) is 2.55. The van der Waals surface area contributed by atoms with Crippen LogP contribution < -0.4 is 15.8 Å². The molecule has 0 saturated carbocycles. The van der Waals surface area contributed by atoms with Gasteiger partial charge in [-0.1, -0.05) is 6.42 Å². The quantitative estimate of drug-likeness (QED) is 0.826. The van der Waals surface area contributed by atoms with E-state index >= 15 is 0 Å². The number of ether oxygens (including phenoxy) is 1. The Morgan fingerprint density at radius 2 is 2.10 bits per heavy atom. The molecule has 112 valence electrons. The number of hydrogen-bond acceptors (Lipinski definition) is 6. The van der Waals surface area contributed by atoms with Crippen molar-refractivity contribution < 1.29 is 4.74 Å². The zero-order chi connectivity index (χ0) is 14.4. The van der Waals surface area contributed by atoms with Crippen molar-refractivity contribution in [2.45, 2.75) is 39.2 Å². The molecule has 1 aliphatic rings. The van der Waals surface area contributed by atoms with Crippen LogP contribution in [0.4, 0.5) is 11.5 Å².